The lowest BCUT2D eigenvalue weighted by molar-refractivity contribution is 0.628. The molecule has 0 spiro atoms. The number of rotatable bonds is 3. The van der Waals surface area contributed by atoms with Crippen molar-refractivity contribution < 1.29 is 13.2 Å². The summed E-state index contributed by atoms with van der Waals surface area (Å²) in [4.78, 5) is 0. The van der Waals surface area contributed by atoms with E-state index in [2.05, 4.69) is 20.8 Å². The van der Waals surface area contributed by atoms with Crippen LogP contribution in [-0.4, -0.2) is 6.15 Å². The molecular formula is C22H21BF3-. The maximum absolute atomic E-state index is 13.6. The van der Waals surface area contributed by atoms with Gasteiger partial charge in [-0.15, -0.1) is 5.31 Å². The summed E-state index contributed by atoms with van der Waals surface area (Å²) in [5.74, 6) is -0.943. The second-order valence-electron chi connectivity index (χ2n) is 7.89. The summed E-state index contributed by atoms with van der Waals surface area (Å²) in [5.41, 5.74) is 2.78. The minimum Gasteiger partial charge on any atom is -0.207 e. The van der Waals surface area contributed by atoms with Crippen molar-refractivity contribution in [3.05, 3.63) is 90.2 Å². The van der Waals surface area contributed by atoms with E-state index in [0.29, 0.717) is 0 Å². The molecule has 3 aromatic carbocycles. The van der Waals surface area contributed by atoms with E-state index in [4.69, 9.17) is 0 Å². The van der Waals surface area contributed by atoms with Crippen LogP contribution in [0.15, 0.2) is 72.8 Å². The minimum atomic E-state index is -1.60. The van der Waals surface area contributed by atoms with Crippen LogP contribution in [0, 0.1) is 17.5 Å². The van der Waals surface area contributed by atoms with E-state index in [0.717, 1.165) is 16.4 Å². The lowest BCUT2D eigenvalue weighted by atomic mass is 9.07. The third-order valence-electron chi connectivity index (χ3n) is 5.41. The molecule has 26 heavy (non-hydrogen) atoms. The lowest BCUT2D eigenvalue weighted by Gasteiger charge is -2.54. The second-order valence-corrected chi connectivity index (χ2v) is 7.89. The van der Waals surface area contributed by atoms with Gasteiger partial charge in [-0.2, -0.15) is 16.4 Å². The molecule has 0 unspecified atom stereocenters. The van der Waals surface area contributed by atoms with Crippen LogP contribution in [0.2, 0.25) is 5.31 Å². The van der Waals surface area contributed by atoms with Crippen molar-refractivity contribution in [2.24, 2.45) is 0 Å². The van der Waals surface area contributed by atoms with Gasteiger partial charge in [-0.05, 0) is 36.4 Å². The van der Waals surface area contributed by atoms with Crippen molar-refractivity contribution in [2.45, 2.75) is 26.1 Å². The first kappa shape index (κ1) is 18.3. The van der Waals surface area contributed by atoms with Gasteiger partial charge in [0.25, 0.3) is 0 Å². The molecule has 0 radical (unpaired) electrons. The largest absolute Gasteiger partial charge is 0.207 e. The average molecular weight is 353 g/mol. The summed E-state index contributed by atoms with van der Waals surface area (Å²) in [7, 11) is 0. The normalized spacial score (nSPS) is 12.2. The molecule has 0 saturated carbocycles. The Morgan fingerprint density at radius 1 is 0.500 bits per heavy atom. The first-order valence-corrected chi connectivity index (χ1v) is 8.69. The highest BCUT2D eigenvalue weighted by atomic mass is 19.1. The molecule has 3 aromatic rings. The highest BCUT2D eigenvalue weighted by Gasteiger charge is 2.39. The van der Waals surface area contributed by atoms with E-state index in [1.165, 1.54) is 36.4 Å². The monoisotopic (exact) mass is 353 g/mol. The Hall–Kier alpha value is -2.49. The first-order valence-electron chi connectivity index (χ1n) is 8.69. The van der Waals surface area contributed by atoms with Crippen molar-refractivity contribution in [1.29, 1.82) is 0 Å². The van der Waals surface area contributed by atoms with Crippen molar-refractivity contribution >= 4 is 22.5 Å². The zero-order valence-corrected chi connectivity index (χ0v) is 15.1. The Balaban J connectivity index is 2.40. The van der Waals surface area contributed by atoms with E-state index in [-0.39, 0.29) is 22.8 Å². The quantitative estimate of drug-likeness (QED) is 0.614. The number of halogens is 3. The Morgan fingerprint density at radius 2 is 0.731 bits per heavy atom. The molecule has 0 nitrogen and oxygen atoms in total. The molecule has 0 atom stereocenters. The van der Waals surface area contributed by atoms with E-state index in [9.17, 15) is 13.2 Å². The van der Waals surface area contributed by atoms with Crippen molar-refractivity contribution in [3.8, 4) is 0 Å². The van der Waals surface area contributed by atoms with Gasteiger partial charge in [-0.1, -0.05) is 57.2 Å². The van der Waals surface area contributed by atoms with Crippen molar-refractivity contribution in [1.82, 2.24) is 0 Å². The minimum absolute atomic E-state index is 0.298. The predicted molar refractivity (Wildman–Crippen MR) is 104 cm³/mol. The fourth-order valence-corrected chi connectivity index (χ4v) is 4.33. The van der Waals surface area contributed by atoms with Crippen LogP contribution in [0.4, 0.5) is 13.2 Å². The van der Waals surface area contributed by atoms with Crippen LogP contribution in [0.1, 0.15) is 20.8 Å². The van der Waals surface area contributed by atoms with Gasteiger partial charge in [-0.3, -0.25) is 0 Å². The van der Waals surface area contributed by atoms with E-state index >= 15 is 0 Å². The van der Waals surface area contributed by atoms with Crippen molar-refractivity contribution in [3.63, 3.8) is 0 Å². The highest BCUT2D eigenvalue weighted by molar-refractivity contribution is 7.13. The molecule has 0 amide bonds. The van der Waals surface area contributed by atoms with Crippen LogP contribution in [0.25, 0.3) is 0 Å². The molecule has 0 aliphatic rings. The molecule has 0 aliphatic heterocycles. The topological polar surface area (TPSA) is 0 Å². The SMILES string of the molecule is CC(C)(C)[B-](c1ccc(F)cc1)(c1ccc(F)cc1)c1ccc(F)cc1. The van der Waals surface area contributed by atoms with Gasteiger partial charge in [0.15, 0.2) is 0 Å². The van der Waals surface area contributed by atoms with Gasteiger partial charge in [0.2, 0.25) is 0 Å². The van der Waals surface area contributed by atoms with Crippen LogP contribution in [0.3, 0.4) is 0 Å². The number of hydrogen-bond donors (Lipinski definition) is 0. The maximum atomic E-state index is 13.6. The molecule has 0 fully saturated rings. The van der Waals surface area contributed by atoms with Crippen LogP contribution >= 0.6 is 0 Å². The second kappa shape index (κ2) is 6.67. The van der Waals surface area contributed by atoms with Gasteiger partial charge in [-0.25, -0.2) is 13.2 Å². The van der Waals surface area contributed by atoms with Gasteiger partial charge < -0.3 is 0 Å². The summed E-state index contributed by atoms with van der Waals surface area (Å²) in [6.07, 6.45) is -1.60. The predicted octanol–water partition coefficient (Wildman–Crippen LogP) is 4.37. The van der Waals surface area contributed by atoms with Crippen LogP contribution in [0.5, 0.6) is 0 Å². The Bertz CT molecular complexity index is 766. The molecule has 0 aromatic heterocycles. The van der Waals surface area contributed by atoms with Gasteiger partial charge >= 0.3 is 0 Å². The fraction of sp³-hybridized carbons (Fsp3) is 0.182. The van der Waals surface area contributed by atoms with Gasteiger partial charge in [0.1, 0.15) is 17.5 Å². The Labute approximate surface area is 152 Å². The maximum Gasteiger partial charge on any atom is 0.122 e. The van der Waals surface area contributed by atoms with Crippen LogP contribution < -0.4 is 16.4 Å². The Kier molecular flexibility index (Phi) is 4.70. The lowest BCUT2D eigenvalue weighted by Crippen LogP contribution is -2.72. The molecule has 3 rings (SSSR count). The molecular weight excluding hydrogens is 332 g/mol. The smallest absolute Gasteiger partial charge is 0.122 e. The summed E-state index contributed by atoms with van der Waals surface area (Å²) in [6, 6.07) is 19.2. The first-order chi connectivity index (χ1) is 12.2. The summed E-state index contributed by atoms with van der Waals surface area (Å²) in [5, 5.41) is -0.298. The molecule has 0 bridgehead atoms. The average Bonchev–Trinajstić information content (AvgIpc) is 2.59. The number of benzene rings is 3. The van der Waals surface area contributed by atoms with Crippen LogP contribution in [-0.2, 0) is 0 Å². The zero-order valence-electron chi connectivity index (χ0n) is 15.1. The fourth-order valence-electron chi connectivity index (χ4n) is 4.33. The summed E-state index contributed by atoms with van der Waals surface area (Å²) < 4.78 is 40.8. The van der Waals surface area contributed by atoms with Gasteiger partial charge in [0, 0.05) is 0 Å². The van der Waals surface area contributed by atoms with Crippen molar-refractivity contribution in [2.75, 3.05) is 0 Å². The van der Waals surface area contributed by atoms with Gasteiger partial charge in [0.05, 0.1) is 6.15 Å². The Morgan fingerprint density at radius 3 is 0.923 bits per heavy atom. The third kappa shape index (κ3) is 3.05. The third-order valence-corrected chi connectivity index (χ3v) is 5.41. The van der Waals surface area contributed by atoms with E-state index in [1.54, 1.807) is 36.4 Å². The zero-order chi connectivity index (χ0) is 18.9. The summed E-state index contributed by atoms with van der Waals surface area (Å²) in [6.45, 7) is 6.30. The molecule has 4 heteroatoms. The molecule has 0 aliphatic carbocycles. The standard InChI is InChI=1S/C22H21BF3/c1-22(2,3)23(16-4-10-19(24)11-5-16,17-6-12-20(25)13-7-17)18-8-14-21(26)15-9-18/h4-15H,1-3H3/q-1. The molecule has 0 N–H and O–H groups in total. The molecule has 0 heterocycles. The van der Waals surface area contributed by atoms with E-state index < -0.39 is 6.15 Å². The summed E-state index contributed by atoms with van der Waals surface area (Å²) >= 11 is 0. The molecule has 0 saturated heterocycles. The van der Waals surface area contributed by atoms with E-state index in [1.807, 2.05) is 0 Å². The molecule has 134 valence electrons. The number of hydrogen-bond acceptors (Lipinski definition) is 0. The highest BCUT2D eigenvalue weighted by Crippen LogP contribution is 2.35.